The lowest BCUT2D eigenvalue weighted by Crippen LogP contribution is -2.31. The van der Waals surface area contributed by atoms with Crippen molar-refractivity contribution in [3.05, 3.63) is 84.4 Å². The van der Waals surface area contributed by atoms with Crippen LogP contribution in [0.5, 0.6) is 0 Å². The van der Waals surface area contributed by atoms with Gasteiger partial charge in [-0.2, -0.15) is 5.10 Å². The fourth-order valence-electron chi connectivity index (χ4n) is 4.25. The van der Waals surface area contributed by atoms with Crippen molar-refractivity contribution in [2.75, 3.05) is 25.5 Å². The molecule has 5 rings (SSSR count). The number of nitrogens with zero attached hydrogens (tertiary/aromatic N) is 3. The molecule has 0 unspecified atom stereocenters. The second kappa shape index (κ2) is 8.55. The van der Waals surface area contributed by atoms with Crippen molar-refractivity contribution in [1.29, 1.82) is 0 Å². The van der Waals surface area contributed by atoms with Gasteiger partial charge in [0.2, 0.25) is 0 Å². The van der Waals surface area contributed by atoms with Crippen LogP contribution in [-0.4, -0.2) is 40.7 Å². The van der Waals surface area contributed by atoms with Crippen LogP contribution in [0.4, 0.5) is 10.1 Å². The minimum Gasteiger partial charge on any atom is -0.322 e. The first-order valence-electron chi connectivity index (χ1n) is 10.9. The maximum absolute atomic E-state index is 13.1. The van der Waals surface area contributed by atoms with Gasteiger partial charge >= 0.3 is 0 Å². The predicted molar refractivity (Wildman–Crippen MR) is 125 cm³/mol. The van der Waals surface area contributed by atoms with Gasteiger partial charge in [-0.05, 0) is 91.8 Å². The molecule has 162 valence electrons. The fourth-order valence-corrected chi connectivity index (χ4v) is 4.25. The molecule has 0 atom stereocenters. The summed E-state index contributed by atoms with van der Waals surface area (Å²) in [5.74, 6) is -0.626. The molecule has 0 aliphatic carbocycles. The van der Waals surface area contributed by atoms with Crippen molar-refractivity contribution in [2.24, 2.45) is 0 Å². The van der Waals surface area contributed by atoms with Crippen molar-refractivity contribution >= 4 is 22.4 Å². The Bertz CT molecular complexity index is 1260. The number of nitrogens with one attached hydrogen (secondary N) is 1. The van der Waals surface area contributed by atoms with Crippen LogP contribution in [0.15, 0.2) is 73.1 Å². The lowest BCUT2D eigenvalue weighted by atomic mass is 10.0. The Morgan fingerprint density at radius 1 is 0.969 bits per heavy atom. The Kier molecular flexibility index (Phi) is 5.45. The van der Waals surface area contributed by atoms with E-state index in [4.69, 9.17) is 0 Å². The number of amides is 1. The summed E-state index contributed by atoms with van der Waals surface area (Å²) in [5.41, 5.74) is 3.30. The van der Waals surface area contributed by atoms with E-state index in [-0.39, 0.29) is 11.7 Å². The molecule has 4 aromatic rings. The van der Waals surface area contributed by atoms with Crippen molar-refractivity contribution in [1.82, 2.24) is 14.7 Å². The highest BCUT2D eigenvalue weighted by Crippen LogP contribution is 2.28. The number of anilines is 1. The van der Waals surface area contributed by atoms with Crippen molar-refractivity contribution in [2.45, 2.75) is 18.9 Å². The van der Waals surface area contributed by atoms with Gasteiger partial charge in [0.25, 0.3) is 5.91 Å². The molecule has 3 aromatic carbocycles. The number of piperidine rings is 1. The maximum atomic E-state index is 13.1. The average Bonchev–Trinajstić information content (AvgIpc) is 3.30. The quantitative estimate of drug-likeness (QED) is 0.476. The third kappa shape index (κ3) is 4.27. The van der Waals surface area contributed by atoms with Gasteiger partial charge in [-0.25, -0.2) is 4.39 Å². The summed E-state index contributed by atoms with van der Waals surface area (Å²) in [6, 6.07) is 18.1. The third-order valence-corrected chi connectivity index (χ3v) is 6.20. The van der Waals surface area contributed by atoms with E-state index in [1.165, 1.54) is 24.3 Å². The van der Waals surface area contributed by atoms with Gasteiger partial charge in [-0.15, -0.1) is 0 Å². The Morgan fingerprint density at radius 2 is 1.72 bits per heavy atom. The van der Waals surface area contributed by atoms with Crippen molar-refractivity contribution in [3.8, 4) is 11.1 Å². The van der Waals surface area contributed by atoms with Crippen LogP contribution in [0.3, 0.4) is 0 Å². The van der Waals surface area contributed by atoms with E-state index in [0.29, 0.717) is 17.3 Å². The molecular formula is C26H25FN4O. The monoisotopic (exact) mass is 428 g/mol. The average molecular weight is 429 g/mol. The highest BCUT2D eigenvalue weighted by molar-refractivity contribution is 6.05. The molecule has 1 aliphatic heterocycles. The molecule has 2 heterocycles. The van der Waals surface area contributed by atoms with Crippen LogP contribution in [0.1, 0.15) is 29.2 Å². The lowest BCUT2D eigenvalue weighted by Gasteiger charge is -2.28. The van der Waals surface area contributed by atoms with Gasteiger partial charge in [-0.3, -0.25) is 9.48 Å². The SMILES string of the molecule is CN1CCC(n2cc(-c3ccc4ccc(NC(=O)c5ccc(F)cc5)cc4c3)cn2)CC1. The number of likely N-dealkylation sites (tertiary alicyclic amines) is 1. The molecule has 0 bridgehead atoms. The molecule has 0 radical (unpaired) electrons. The van der Waals surface area contributed by atoms with Gasteiger partial charge in [0.1, 0.15) is 5.82 Å². The molecule has 1 N–H and O–H groups in total. The molecule has 6 heteroatoms. The molecule has 1 fully saturated rings. The summed E-state index contributed by atoms with van der Waals surface area (Å²) >= 11 is 0. The van der Waals surface area contributed by atoms with Gasteiger partial charge in [0.05, 0.1) is 12.2 Å². The largest absolute Gasteiger partial charge is 0.322 e. The summed E-state index contributed by atoms with van der Waals surface area (Å²) in [6.45, 7) is 2.20. The number of halogens is 1. The zero-order valence-electron chi connectivity index (χ0n) is 18.0. The zero-order chi connectivity index (χ0) is 22.1. The molecule has 32 heavy (non-hydrogen) atoms. The molecular weight excluding hydrogens is 403 g/mol. The molecule has 1 amide bonds. The first-order valence-corrected chi connectivity index (χ1v) is 10.9. The van der Waals surface area contributed by atoms with Crippen LogP contribution < -0.4 is 5.32 Å². The van der Waals surface area contributed by atoms with Gasteiger partial charge in [0, 0.05) is 23.0 Å². The summed E-state index contributed by atoms with van der Waals surface area (Å²) < 4.78 is 15.2. The Morgan fingerprint density at radius 3 is 2.50 bits per heavy atom. The Labute approximate surface area is 186 Å². The van der Waals surface area contributed by atoms with Crippen molar-refractivity contribution in [3.63, 3.8) is 0 Å². The smallest absolute Gasteiger partial charge is 0.255 e. The number of rotatable bonds is 4. The number of carbonyl (C=O) groups is 1. The van der Waals surface area contributed by atoms with Gasteiger partial charge < -0.3 is 10.2 Å². The normalized spacial score (nSPS) is 15.2. The molecule has 1 aliphatic rings. The van der Waals surface area contributed by atoms with E-state index < -0.39 is 0 Å². The van der Waals surface area contributed by atoms with Crippen LogP contribution >= 0.6 is 0 Å². The van der Waals surface area contributed by atoms with E-state index in [0.717, 1.165) is 47.8 Å². The van der Waals surface area contributed by atoms with Crippen LogP contribution in [0.25, 0.3) is 21.9 Å². The molecule has 1 aromatic heterocycles. The highest BCUT2D eigenvalue weighted by Gasteiger charge is 2.19. The third-order valence-electron chi connectivity index (χ3n) is 6.20. The molecule has 1 saturated heterocycles. The van der Waals surface area contributed by atoms with Gasteiger partial charge in [-0.1, -0.05) is 18.2 Å². The molecule has 0 saturated carbocycles. The Balaban J connectivity index is 1.36. The minimum absolute atomic E-state index is 0.264. The Hall–Kier alpha value is -3.51. The second-order valence-electron chi connectivity index (χ2n) is 8.48. The van der Waals surface area contributed by atoms with E-state index in [2.05, 4.69) is 51.4 Å². The predicted octanol–water partition coefficient (Wildman–Crippen LogP) is 5.36. The summed E-state index contributed by atoms with van der Waals surface area (Å²) in [4.78, 5) is 14.8. The number of fused-ring (bicyclic) bond motifs is 1. The summed E-state index contributed by atoms with van der Waals surface area (Å²) in [5, 5.41) is 9.66. The first-order chi connectivity index (χ1) is 15.5. The number of hydrogen-bond donors (Lipinski definition) is 1. The summed E-state index contributed by atoms with van der Waals surface area (Å²) in [7, 11) is 2.16. The maximum Gasteiger partial charge on any atom is 0.255 e. The zero-order valence-corrected chi connectivity index (χ0v) is 18.0. The van der Waals surface area contributed by atoms with Crippen molar-refractivity contribution < 1.29 is 9.18 Å². The minimum atomic E-state index is -0.362. The summed E-state index contributed by atoms with van der Waals surface area (Å²) in [6.07, 6.45) is 6.30. The standard InChI is InChI=1S/C26H25FN4O/c1-30-12-10-25(11-13-30)31-17-22(16-28-31)20-3-2-18-6-9-24(15-21(18)14-20)29-26(32)19-4-7-23(27)8-5-19/h2-9,14-17,25H,10-13H2,1H3,(H,29,32). The van der Waals surface area contributed by atoms with E-state index in [1.54, 1.807) is 0 Å². The lowest BCUT2D eigenvalue weighted by molar-refractivity contribution is 0.102. The van der Waals surface area contributed by atoms with Gasteiger partial charge in [0.15, 0.2) is 0 Å². The number of benzene rings is 3. The van der Waals surface area contributed by atoms with Crippen LogP contribution in [0.2, 0.25) is 0 Å². The highest BCUT2D eigenvalue weighted by atomic mass is 19.1. The molecule has 0 spiro atoms. The number of carbonyl (C=O) groups excluding carboxylic acids is 1. The second-order valence-corrected chi connectivity index (χ2v) is 8.48. The van der Waals surface area contributed by atoms with E-state index in [1.807, 2.05) is 24.4 Å². The van der Waals surface area contributed by atoms with Crippen LogP contribution in [0, 0.1) is 5.82 Å². The first kappa shape index (κ1) is 20.4. The number of hydrogen-bond acceptors (Lipinski definition) is 3. The van der Waals surface area contributed by atoms with Crippen LogP contribution in [-0.2, 0) is 0 Å². The topological polar surface area (TPSA) is 50.2 Å². The molecule has 5 nitrogen and oxygen atoms in total. The van der Waals surface area contributed by atoms with E-state index >= 15 is 0 Å². The number of aromatic nitrogens is 2. The fraction of sp³-hybridized carbons (Fsp3) is 0.231. The van der Waals surface area contributed by atoms with E-state index in [9.17, 15) is 9.18 Å².